The van der Waals surface area contributed by atoms with Gasteiger partial charge in [-0.2, -0.15) is 0 Å². The molecule has 0 atom stereocenters. The SMILES string of the molecule is CCCCCCCCCCC#Cc1ccc2ccc3c(Br)ccc4ccc1c2c43. The molecule has 0 amide bonds. The van der Waals surface area contributed by atoms with Crippen LogP contribution in [0, 0.1) is 11.8 Å². The smallest absolute Gasteiger partial charge is 0.0324 e. The predicted molar refractivity (Wildman–Crippen MR) is 132 cm³/mol. The van der Waals surface area contributed by atoms with E-state index in [0.717, 1.165) is 16.5 Å². The molecule has 0 fully saturated rings. The molecule has 0 heterocycles. The molecule has 0 aliphatic rings. The Bertz CT molecular complexity index is 1160. The van der Waals surface area contributed by atoms with E-state index in [4.69, 9.17) is 0 Å². The molecule has 0 bridgehead atoms. The standard InChI is InChI=1S/C28H29Br/c1-2-3-4-5-6-7-8-9-10-11-12-21-13-14-22-16-19-25-26(29)20-17-23-15-18-24(21)27(22)28(23)25/h13-20H,2-10H2,1H3. The Morgan fingerprint density at radius 2 is 1.24 bits per heavy atom. The third-order valence-electron chi connectivity index (χ3n) is 5.99. The van der Waals surface area contributed by atoms with E-state index in [0.29, 0.717) is 0 Å². The van der Waals surface area contributed by atoms with Crippen LogP contribution in [0.1, 0.15) is 70.3 Å². The van der Waals surface area contributed by atoms with E-state index >= 15 is 0 Å². The molecule has 0 aliphatic heterocycles. The minimum absolute atomic E-state index is 1.00. The van der Waals surface area contributed by atoms with E-state index in [1.165, 1.54) is 83.7 Å². The minimum Gasteiger partial charge on any atom is -0.0979 e. The second kappa shape index (κ2) is 9.64. The summed E-state index contributed by atoms with van der Waals surface area (Å²) in [4.78, 5) is 0. The van der Waals surface area contributed by atoms with Crippen molar-refractivity contribution in [1.29, 1.82) is 0 Å². The van der Waals surface area contributed by atoms with Crippen molar-refractivity contribution < 1.29 is 0 Å². The highest BCUT2D eigenvalue weighted by Crippen LogP contribution is 2.38. The van der Waals surface area contributed by atoms with E-state index in [1.54, 1.807) is 0 Å². The number of benzene rings is 4. The van der Waals surface area contributed by atoms with Gasteiger partial charge in [-0.05, 0) is 50.9 Å². The van der Waals surface area contributed by atoms with Crippen LogP contribution in [0.15, 0.2) is 53.0 Å². The number of halogens is 1. The molecular weight excluding hydrogens is 416 g/mol. The maximum Gasteiger partial charge on any atom is 0.0324 e. The Balaban J connectivity index is 1.48. The van der Waals surface area contributed by atoms with Gasteiger partial charge in [0.25, 0.3) is 0 Å². The molecule has 0 saturated carbocycles. The Hall–Kier alpha value is -2.04. The molecule has 0 aliphatic carbocycles. The van der Waals surface area contributed by atoms with Crippen molar-refractivity contribution in [2.24, 2.45) is 0 Å². The highest BCUT2D eigenvalue weighted by atomic mass is 79.9. The third kappa shape index (κ3) is 4.44. The quantitative estimate of drug-likeness (QED) is 0.144. The fourth-order valence-corrected chi connectivity index (χ4v) is 4.84. The first-order valence-corrected chi connectivity index (χ1v) is 11.9. The van der Waals surface area contributed by atoms with Crippen LogP contribution in [0.2, 0.25) is 0 Å². The van der Waals surface area contributed by atoms with Gasteiger partial charge in [0.2, 0.25) is 0 Å². The first kappa shape index (κ1) is 20.2. The molecular formula is C28H29Br. The zero-order valence-corrected chi connectivity index (χ0v) is 18.9. The molecule has 0 N–H and O–H groups in total. The molecule has 148 valence electrons. The summed E-state index contributed by atoms with van der Waals surface area (Å²) in [6.07, 6.45) is 11.8. The molecule has 4 rings (SSSR count). The van der Waals surface area contributed by atoms with E-state index in [1.807, 2.05) is 0 Å². The Labute approximate surface area is 183 Å². The molecule has 1 heteroatoms. The van der Waals surface area contributed by atoms with Crippen molar-refractivity contribution in [1.82, 2.24) is 0 Å². The van der Waals surface area contributed by atoms with Gasteiger partial charge in [0.05, 0.1) is 0 Å². The first-order valence-electron chi connectivity index (χ1n) is 11.1. The average molecular weight is 445 g/mol. The molecule has 4 aromatic carbocycles. The van der Waals surface area contributed by atoms with Crippen LogP contribution in [-0.2, 0) is 0 Å². The van der Waals surface area contributed by atoms with Crippen molar-refractivity contribution in [3.63, 3.8) is 0 Å². The Kier molecular flexibility index (Phi) is 6.73. The maximum atomic E-state index is 3.72. The summed E-state index contributed by atoms with van der Waals surface area (Å²) in [7, 11) is 0. The lowest BCUT2D eigenvalue weighted by molar-refractivity contribution is 0.579. The molecule has 0 nitrogen and oxygen atoms in total. The number of unbranched alkanes of at least 4 members (excludes halogenated alkanes) is 8. The maximum absolute atomic E-state index is 3.72. The second-order valence-corrected chi connectivity index (χ2v) is 8.96. The van der Waals surface area contributed by atoms with E-state index in [-0.39, 0.29) is 0 Å². The van der Waals surface area contributed by atoms with Crippen molar-refractivity contribution in [2.45, 2.75) is 64.7 Å². The van der Waals surface area contributed by atoms with Gasteiger partial charge in [-0.1, -0.05) is 116 Å². The lowest BCUT2D eigenvalue weighted by atomic mass is 9.92. The van der Waals surface area contributed by atoms with Crippen LogP contribution in [-0.4, -0.2) is 0 Å². The summed E-state index contributed by atoms with van der Waals surface area (Å²) >= 11 is 3.72. The second-order valence-electron chi connectivity index (χ2n) is 8.11. The van der Waals surface area contributed by atoms with Crippen LogP contribution in [0.3, 0.4) is 0 Å². The molecule has 4 aromatic rings. The zero-order chi connectivity index (χ0) is 20.1. The van der Waals surface area contributed by atoms with Crippen LogP contribution in [0.4, 0.5) is 0 Å². The van der Waals surface area contributed by atoms with Crippen molar-refractivity contribution in [3.8, 4) is 11.8 Å². The summed E-state index contributed by atoms with van der Waals surface area (Å²) in [5, 5.41) is 7.85. The predicted octanol–water partition coefficient (Wildman–Crippen LogP) is 9.23. The fraction of sp³-hybridized carbons (Fsp3) is 0.357. The third-order valence-corrected chi connectivity index (χ3v) is 6.68. The molecule has 0 saturated heterocycles. The number of hydrogen-bond acceptors (Lipinski definition) is 0. The van der Waals surface area contributed by atoms with Gasteiger partial charge in [0.15, 0.2) is 0 Å². The van der Waals surface area contributed by atoms with E-state index in [2.05, 4.69) is 83.2 Å². The summed E-state index contributed by atoms with van der Waals surface area (Å²) in [6.45, 7) is 2.28. The van der Waals surface area contributed by atoms with Crippen molar-refractivity contribution in [3.05, 3.63) is 58.6 Å². The van der Waals surface area contributed by atoms with Gasteiger partial charge in [-0.3, -0.25) is 0 Å². The van der Waals surface area contributed by atoms with Gasteiger partial charge in [0.1, 0.15) is 0 Å². The molecule has 0 radical (unpaired) electrons. The average Bonchev–Trinajstić information content (AvgIpc) is 2.75. The summed E-state index contributed by atoms with van der Waals surface area (Å²) in [5.41, 5.74) is 1.16. The van der Waals surface area contributed by atoms with Gasteiger partial charge >= 0.3 is 0 Å². The molecule has 29 heavy (non-hydrogen) atoms. The van der Waals surface area contributed by atoms with Crippen LogP contribution in [0.5, 0.6) is 0 Å². The van der Waals surface area contributed by atoms with Crippen LogP contribution >= 0.6 is 15.9 Å². The zero-order valence-electron chi connectivity index (χ0n) is 17.4. The van der Waals surface area contributed by atoms with Gasteiger partial charge in [0, 0.05) is 16.5 Å². The molecule has 0 spiro atoms. The molecule has 0 unspecified atom stereocenters. The highest BCUT2D eigenvalue weighted by Gasteiger charge is 2.11. The Morgan fingerprint density at radius 3 is 2.00 bits per heavy atom. The minimum atomic E-state index is 1.00. The number of rotatable bonds is 8. The van der Waals surface area contributed by atoms with E-state index < -0.39 is 0 Å². The molecule has 0 aromatic heterocycles. The van der Waals surface area contributed by atoms with E-state index in [9.17, 15) is 0 Å². The van der Waals surface area contributed by atoms with Crippen LogP contribution in [0.25, 0.3) is 32.3 Å². The topological polar surface area (TPSA) is 0 Å². The largest absolute Gasteiger partial charge is 0.0979 e. The van der Waals surface area contributed by atoms with Crippen molar-refractivity contribution >= 4 is 48.2 Å². The van der Waals surface area contributed by atoms with Gasteiger partial charge in [-0.25, -0.2) is 0 Å². The van der Waals surface area contributed by atoms with Crippen molar-refractivity contribution in [2.75, 3.05) is 0 Å². The monoisotopic (exact) mass is 444 g/mol. The number of hydrogen-bond donors (Lipinski definition) is 0. The fourth-order valence-electron chi connectivity index (χ4n) is 4.38. The summed E-state index contributed by atoms with van der Waals surface area (Å²) < 4.78 is 1.16. The lowest BCUT2D eigenvalue weighted by Gasteiger charge is -2.12. The lowest BCUT2D eigenvalue weighted by Crippen LogP contribution is -1.87. The normalized spacial score (nSPS) is 11.4. The van der Waals surface area contributed by atoms with Gasteiger partial charge < -0.3 is 0 Å². The first-order chi connectivity index (χ1) is 14.3. The summed E-state index contributed by atoms with van der Waals surface area (Å²) in [6, 6.07) is 17.7. The van der Waals surface area contributed by atoms with Crippen LogP contribution < -0.4 is 0 Å². The highest BCUT2D eigenvalue weighted by molar-refractivity contribution is 9.10. The Morgan fingerprint density at radius 1 is 0.655 bits per heavy atom. The van der Waals surface area contributed by atoms with Gasteiger partial charge in [-0.15, -0.1) is 0 Å². The summed E-state index contributed by atoms with van der Waals surface area (Å²) in [5.74, 6) is 6.91.